The maximum absolute atomic E-state index is 11.3. The fourth-order valence-electron chi connectivity index (χ4n) is 1.77. The van der Waals surface area contributed by atoms with Crippen LogP contribution in [0.4, 0.5) is 0 Å². The number of carboxylic acid groups (broad SMARTS) is 1. The SMILES string of the molecule is O=C(O)C(c1ccccc1)c1ccccc1.[Na+]. The van der Waals surface area contributed by atoms with Gasteiger partial charge in [0.05, 0.1) is 0 Å². The summed E-state index contributed by atoms with van der Waals surface area (Å²) in [6, 6.07) is 18.5. The van der Waals surface area contributed by atoms with Gasteiger partial charge in [-0.15, -0.1) is 0 Å². The molecule has 2 aromatic rings. The molecule has 0 heterocycles. The molecule has 0 saturated heterocycles. The summed E-state index contributed by atoms with van der Waals surface area (Å²) in [6.07, 6.45) is 0. The van der Waals surface area contributed by atoms with Gasteiger partial charge in [0.25, 0.3) is 0 Å². The normalized spacial score (nSPS) is 9.71. The molecule has 2 nitrogen and oxygen atoms in total. The minimum Gasteiger partial charge on any atom is -0.481 e. The number of hydrogen-bond acceptors (Lipinski definition) is 1. The molecule has 1 N–H and O–H groups in total. The van der Waals surface area contributed by atoms with E-state index in [-0.39, 0.29) is 29.6 Å². The van der Waals surface area contributed by atoms with Crippen LogP contribution in [0.2, 0.25) is 0 Å². The third-order valence-electron chi connectivity index (χ3n) is 2.51. The third-order valence-corrected chi connectivity index (χ3v) is 2.51. The van der Waals surface area contributed by atoms with E-state index in [1.807, 2.05) is 60.7 Å². The molecule has 0 saturated carbocycles. The zero-order valence-electron chi connectivity index (χ0n) is 9.71. The number of aliphatic carboxylic acids is 1. The first kappa shape index (κ1) is 14.0. The zero-order valence-corrected chi connectivity index (χ0v) is 11.7. The van der Waals surface area contributed by atoms with Crippen molar-refractivity contribution in [2.24, 2.45) is 0 Å². The van der Waals surface area contributed by atoms with Crippen LogP contribution in [0.1, 0.15) is 17.0 Å². The summed E-state index contributed by atoms with van der Waals surface area (Å²) in [7, 11) is 0. The van der Waals surface area contributed by atoms with Crippen LogP contribution in [0.25, 0.3) is 0 Å². The van der Waals surface area contributed by atoms with Gasteiger partial charge in [-0.05, 0) is 11.1 Å². The van der Waals surface area contributed by atoms with Gasteiger partial charge in [-0.3, -0.25) is 4.79 Å². The Labute approximate surface area is 123 Å². The van der Waals surface area contributed by atoms with Gasteiger partial charge >= 0.3 is 35.5 Å². The molecule has 2 aromatic carbocycles. The molecule has 0 fully saturated rings. The fourth-order valence-corrected chi connectivity index (χ4v) is 1.77. The Kier molecular flexibility index (Phi) is 5.42. The van der Waals surface area contributed by atoms with Crippen molar-refractivity contribution in [2.75, 3.05) is 0 Å². The molecule has 0 unspecified atom stereocenters. The molecule has 0 aliphatic heterocycles. The first-order chi connectivity index (χ1) is 7.79. The Hall–Kier alpha value is -1.09. The van der Waals surface area contributed by atoms with E-state index in [4.69, 9.17) is 0 Å². The molecule has 0 amide bonds. The van der Waals surface area contributed by atoms with E-state index < -0.39 is 11.9 Å². The van der Waals surface area contributed by atoms with Gasteiger partial charge in [-0.1, -0.05) is 60.7 Å². The van der Waals surface area contributed by atoms with E-state index >= 15 is 0 Å². The monoisotopic (exact) mass is 235 g/mol. The van der Waals surface area contributed by atoms with Crippen LogP contribution in [0.3, 0.4) is 0 Å². The van der Waals surface area contributed by atoms with Gasteiger partial charge in [-0.25, -0.2) is 0 Å². The van der Waals surface area contributed by atoms with E-state index in [0.29, 0.717) is 0 Å². The number of rotatable bonds is 3. The predicted molar refractivity (Wildman–Crippen MR) is 62.4 cm³/mol. The molecule has 0 bridgehead atoms. The van der Waals surface area contributed by atoms with E-state index in [2.05, 4.69) is 0 Å². The van der Waals surface area contributed by atoms with E-state index in [1.54, 1.807) is 0 Å². The average Bonchev–Trinajstić information content (AvgIpc) is 2.31. The van der Waals surface area contributed by atoms with Crippen molar-refractivity contribution in [1.29, 1.82) is 0 Å². The molecule has 3 heteroatoms. The van der Waals surface area contributed by atoms with Crippen LogP contribution in [-0.4, -0.2) is 11.1 Å². The molecule has 0 radical (unpaired) electrons. The maximum atomic E-state index is 11.3. The Morgan fingerprint density at radius 2 is 1.18 bits per heavy atom. The topological polar surface area (TPSA) is 37.3 Å². The number of carbonyl (C=O) groups is 1. The minimum absolute atomic E-state index is 0. The van der Waals surface area contributed by atoms with Crippen molar-refractivity contribution < 1.29 is 39.5 Å². The van der Waals surface area contributed by atoms with Crippen molar-refractivity contribution in [3.63, 3.8) is 0 Å². The van der Waals surface area contributed by atoms with E-state index in [1.165, 1.54) is 0 Å². The van der Waals surface area contributed by atoms with Crippen molar-refractivity contribution in [3.8, 4) is 0 Å². The summed E-state index contributed by atoms with van der Waals surface area (Å²) >= 11 is 0. The average molecular weight is 235 g/mol. The number of hydrogen-bond donors (Lipinski definition) is 1. The summed E-state index contributed by atoms with van der Waals surface area (Å²) in [5.74, 6) is -1.40. The Morgan fingerprint density at radius 1 is 0.824 bits per heavy atom. The standard InChI is InChI=1S/C14H12O2.Na/c15-14(16)13(11-7-3-1-4-8-11)12-9-5-2-6-10-12;/h1-10,13H,(H,15,16);/q;+1. The smallest absolute Gasteiger partial charge is 0.481 e. The largest absolute Gasteiger partial charge is 1.00 e. The zero-order chi connectivity index (χ0) is 11.4. The molecule has 0 aliphatic rings. The maximum Gasteiger partial charge on any atom is 1.00 e. The van der Waals surface area contributed by atoms with Gasteiger partial charge in [0.2, 0.25) is 0 Å². The van der Waals surface area contributed by atoms with E-state index in [9.17, 15) is 9.90 Å². The number of carboxylic acids is 1. The Balaban J connectivity index is 0.00000144. The Bertz CT molecular complexity index is 429. The predicted octanol–water partition coefficient (Wildman–Crippen LogP) is -0.0929. The first-order valence-electron chi connectivity index (χ1n) is 5.12. The van der Waals surface area contributed by atoms with E-state index in [0.717, 1.165) is 11.1 Å². The van der Waals surface area contributed by atoms with Crippen LogP contribution >= 0.6 is 0 Å². The van der Waals surface area contributed by atoms with Gasteiger partial charge in [-0.2, -0.15) is 0 Å². The molecule has 0 atom stereocenters. The molecule has 0 spiro atoms. The first-order valence-corrected chi connectivity index (χ1v) is 5.12. The summed E-state index contributed by atoms with van der Waals surface area (Å²) < 4.78 is 0. The summed E-state index contributed by atoms with van der Waals surface area (Å²) in [5, 5.41) is 9.28. The van der Waals surface area contributed by atoms with Crippen LogP contribution in [0.15, 0.2) is 60.7 Å². The van der Waals surface area contributed by atoms with Gasteiger partial charge < -0.3 is 5.11 Å². The molecule has 0 aliphatic carbocycles. The van der Waals surface area contributed by atoms with Crippen LogP contribution in [0, 0.1) is 0 Å². The van der Waals surface area contributed by atoms with Crippen molar-refractivity contribution in [1.82, 2.24) is 0 Å². The van der Waals surface area contributed by atoms with Crippen LogP contribution in [-0.2, 0) is 4.79 Å². The summed E-state index contributed by atoms with van der Waals surface area (Å²) in [5.41, 5.74) is 1.61. The molecular weight excluding hydrogens is 223 g/mol. The number of benzene rings is 2. The second kappa shape index (κ2) is 6.60. The third kappa shape index (κ3) is 3.43. The van der Waals surface area contributed by atoms with Crippen LogP contribution in [0.5, 0.6) is 0 Å². The second-order valence-electron chi connectivity index (χ2n) is 3.59. The molecule has 17 heavy (non-hydrogen) atoms. The Morgan fingerprint density at radius 3 is 1.47 bits per heavy atom. The fraction of sp³-hybridized carbons (Fsp3) is 0.0714. The van der Waals surface area contributed by atoms with Gasteiger partial charge in [0.15, 0.2) is 0 Å². The van der Waals surface area contributed by atoms with Gasteiger partial charge in [0.1, 0.15) is 5.92 Å². The molecule has 80 valence electrons. The van der Waals surface area contributed by atoms with Gasteiger partial charge in [0, 0.05) is 0 Å². The summed E-state index contributed by atoms with van der Waals surface area (Å²) in [6.45, 7) is 0. The minimum atomic E-state index is -0.822. The van der Waals surface area contributed by atoms with Crippen molar-refractivity contribution in [3.05, 3.63) is 71.8 Å². The second-order valence-corrected chi connectivity index (χ2v) is 3.59. The van der Waals surface area contributed by atoms with Crippen molar-refractivity contribution in [2.45, 2.75) is 5.92 Å². The molecule has 0 aromatic heterocycles. The molecule has 2 rings (SSSR count). The summed E-state index contributed by atoms with van der Waals surface area (Å²) in [4.78, 5) is 11.3. The quantitative estimate of drug-likeness (QED) is 0.755. The van der Waals surface area contributed by atoms with Crippen molar-refractivity contribution >= 4 is 5.97 Å². The van der Waals surface area contributed by atoms with Crippen LogP contribution < -0.4 is 29.6 Å². The molecular formula is C14H12NaO2+.